The summed E-state index contributed by atoms with van der Waals surface area (Å²) >= 11 is 0. The Morgan fingerprint density at radius 1 is 1.28 bits per heavy atom. The van der Waals surface area contributed by atoms with E-state index in [0.29, 0.717) is 19.7 Å². The van der Waals surface area contributed by atoms with E-state index in [1.165, 1.54) is 5.56 Å². The van der Waals surface area contributed by atoms with Gasteiger partial charge < -0.3 is 19.3 Å². The predicted octanol–water partition coefficient (Wildman–Crippen LogP) is 2.36. The van der Waals surface area contributed by atoms with Gasteiger partial charge in [0, 0.05) is 44.6 Å². The Morgan fingerprint density at radius 3 is 2.80 bits per heavy atom. The number of amides is 1. The molecular formula is C20H28N2O3. The quantitative estimate of drug-likeness (QED) is 0.784. The molecule has 3 heterocycles. The van der Waals surface area contributed by atoms with Crippen molar-refractivity contribution in [2.24, 2.45) is 0 Å². The molecule has 0 bridgehead atoms. The van der Waals surface area contributed by atoms with Gasteiger partial charge in [0.2, 0.25) is 0 Å². The number of hydrogen-bond acceptors (Lipinski definition) is 4. The maximum atomic E-state index is 13.1. The van der Waals surface area contributed by atoms with Crippen LogP contribution in [-0.4, -0.2) is 60.7 Å². The predicted molar refractivity (Wildman–Crippen MR) is 95.7 cm³/mol. The molecule has 25 heavy (non-hydrogen) atoms. The minimum atomic E-state index is -0.277. The second kappa shape index (κ2) is 6.61. The summed E-state index contributed by atoms with van der Waals surface area (Å²) in [5, 5.41) is 0. The molecule has 0 aliphatic carbocycles. The fourth-order valence-electron chi connectivity index (χ4n) is 4.22. The molecule has 0 unspecified atom stereocenters. The number of carbonyl (C=O) groups is 1. The first-order valence-corrected chi connectivity index (χ1v) is 9.42. The number of carbonyl (C=O) groups excluding carboxylic acids is 1. The summed E-state index contributed by atoms with van der Waals surface area (Å²) in [5.74, 6) is 1.08. The van der Waals surface area contributed by atoms with Gasteiger partial charge in [0.1, 0.15) is 17.5 Å². The number of rotatable bonds is 1. The Bertz CT molecular complexity index is 646. The van der Waals surface area contributed by atoms with Gasteiger partial charge in [-0.1, -0.05) is 17.7 Å². The third-order valence-electron chi connectivity index (χ3n) is 5.80. The fourth-order valence-corrected chi connectivity index (χ4v) is 4.22. The van der Waals surface area contributed by atoms with Crippen molar-refractivity contribution in [3.05, 3.63) is 29.3 Å². The monoisotopic (exact) mass is 344 g/mol. The number of piperidine rings is 1. The molecule has 3 aliphatic rings. The second-order valence-corrected chi connectivity index (χ2v) is 7.90. The van der Waals surface area contributed by atoms with Crippen molar-refractivity contribution in [1.29, 1.82) is 0 Å². The molecule has 1 aromatic rings. The summed E-state index contributed by atoms with van der Waals surface area (Å²) in [6.45, 7) is 6.07. The van der Waals surface area contributed by atoms with Crippen LogP contribution in [0, 0.1) is 6.92 Å². The van der Waals surface area contributed by atoms with Gasteiger partial charge in [-0.15, -0.1) is 0 Å². The van der Waals surface area contributed by atoms with E-state index in [1.54, 1.807) is 0 Å². The van der Waals surface area contributed by atoms with Gasteiger partial charge in [0.15, 0.2) is 0 Å². The zero-order valence-electron chi connectivity index (χ0n) is 15.3. The van der Waals surface area contributed by atoms with Crippen LogP contribution in [0.15, 0.2) is 18.2 Å². The van der Waals surface area contributed by atoms with Gasteiger partial charge in [-0.25, -0.2) is 0 Å². The Morgan fingerprint density at radius 2 is 2.08 bits per heavy atom. The molecule has 5 heteroatoms. The fraction of sp³-hybridized carbons (Fsp3) is 0.650. The lowest BCUT2D eigenvalue weighted by Crippen LogP contribution is -2.54. The average Bonchev–Trinajstić information content (AvgIpc) is 3.08. The Labute approximate surface area is 149 Å². The van der Waals surface area contributed by atoms with Crippen LogP contribution < -0.4 is 4.74 Å². The largest absolute Gasteiger partial charge is 0.485 e. The highest BCUT2D eigenvalue weighted by molar-refractivity contribution is 5.81. The van der Waals surface area contributed by atoms with Crippen LogP contribution in [-0.2, 0) is 16.1 Å². The third-order valence-corrected chi connectivity index (χ3v) is 5.80. The van der Waals surface area contributed by atoms with Crippen LogP contribution in [0.1, 0.15) is 36.8 Å². The molecule has 4 rings (SSSR count). The first-order valence-electron chi connectivity index (χ1n) is 9.42. The summed E-state index contributed by atoms with van der Waals surface area (Å²) in [5.41, 5.74) is 2.04. The summed E-state index contributed by atoms with van der Waals surface area (Å²) in [7, 11) is 2.15. The first kappa shape index (κ1) is 16.9. The van der Waals surface area contributed by atoms with Crippen molar-refractivity contribution in [1.82, 2.24) is 9.80 Å². The van der Waals surface area contributed by atoms with Crippen LogP contribution in [0.3, 0.4) is 0 Å². The van der Waals surface area contributed by atoms with Gasteiger partial charge >= 0.3 is 0 Å². The number of aryl methyl sites for hydroxylation is 1. The van der Waals surface area contributed by atoms with Gasteiger partial charge in [-0.05, 0) is 32.9 Å². The molecule has 0 radical (unpaired) electrons. The van der Waals surface area contributed by atoms with E-state index in [2.05, 4.69) is 37.1 Å². The number of nitrogens with zero attached hydrogens (tertiary/aromatic N) is 2. The van der Waals surface area contributed by atoms with E-state index in [4.69, 9.17) is 9.47 Å². The van der Waals surface area contributed by atoms with Crippen molar-refractivity contribution < 1.29 is 14.3 Å². The summed E-state index contributed by atoms with van der Waals surface area (Å²) < 4.78 is 12.2. The van der Waals surface area contributed by atoms with Crippen LogP contribution in [0.4, 0.5) is 0 Å². The maximum absolute atomic E-state index is 13.1. The van der Waals surface area contributed by atoms with Crippen molar-refractivity contribution in [2.75, 3.05) is 33.3 Å². The standard InChI is InChI=1S/C20H28N2O3/c1-15-5-6-17-16(12-15)13-22(19(23)18-4-3-11-24-18)14-20(25-17)7-9-21(2)10-8-20/h5-6,12,18H,3-4,7-11,13-14H2,1-2H3/t18-/m1/s1. The molecule has 2 saturated heterocycles. The van der Waals surface area contributed by atoms with Gasteiger partial charge in [-0.2, -0.15) is 0 Å². The first-order chi connectivity index (χ1) is 12.0. The molecule has 136 valence electrons. The lowest BCUT2D eigenvalue weighted by Gasteiger charge is -2.42. The molecule has 0 aromatic heterocycles. The van der Waals surface area contributed by atoms with Crippen molar-refractivity contribution in [3.8, 4) is 5.75 Å². The third kappa shape index (κ3) is 3.40. The minimum Gasteiger partial charge on any atom is -0.485 e. The number of likely N-dealkylation sites (tertiary alicyclic amines) is 1. The van der Waals surface area contributed by atoms with Gasteiger partial charge in [0.25, 0.3) is 5.91 Å². The zero-order chi connectivity index (χ0) is 17.4. The summed E-state index contributed by atoms with van der Waals surface area (Å²) in [6.07, 6.45) is 3.45. The van der Waals surface area contributed by atoms with E-state index < -0.39 is 0 Å². The molecular weight excluding hydrogens is 316 g/mol. The van der Waals surface area contributed by atoms with E-state index in [9.17, 15) is 4.79 Å². The van der Waals surface area contributed by atoms with E-state index in [1.807, 2.05) is 4.90 Å². The molecule has 2 fully saturated rings. The molecule has 0 saturated carbocycles. The lowest BCUT2D eigenvalue weighted by atomic mass is 9.90. The molecule has 3 aliphatic heterocycles. The van der Waals surface area contributed by atoms with Crippen molar-refractivity contribution in [3.63, 3.8) is 0 Å². The van der Waals surface area contributed by atoms with Crippen LogP contribution in [0.25, 0.3) is 0 Å². The van der Waals surface area contributed by atoms with Crippen molar-refractivity contribution in [2.45, 2.75) is 50.9 Å². The van der Waals surface area contributed by atoms with Crippen LogP contribution >= 0.6 is 0 Å². The molecule has 1 amide bonds. The Kier molecular flexibility index (Phi) is 4.46. The smallest absolute Gasteiger partial charge is 0.252 e. The number of benzene rings is 1. The SMILES string of the molecule is Cc1ccc2c(c1)CN(C(=O)[C@H]1CCCO1)CC1(CCN(C)CC1)O2. The topological polar surface area (TPSA) is 42.0 Å². The average molecular weight is 344 g/mol. The van der Waals surface area contributed by atoms with Crippen molar-refractivity contribution >= 4 is 5.91 Å². The normalized spacial score (nSPS) is 26.2. The van der Waals surface area contributed by atoms with E-state index >= 15 is 0 Å². The highest BCUT2D eigenvalue weighted by atomic mass is 16.5. The zero-order valence-corrected chi connectivity index (χ0v) is 15.3. The minimum absolute atomic E-state index is 0.133. The molecule has 1 atom stereocenters. The highest BCUT2D eigenvalue weighted by Crippen LogP contribution is 2.36. The molecule has 1 aromatic carbocycles. The lowest BCUT2D eigenvalue weighted by molar-refractivity contribution is -0.144. The van der Waals surface area contributed by atoms with Crippen LogP contribution in [0.5, 0.6) is 5.75 Å². The van der Waals surface area contributed by atoms with E-state index in [-0.39, 0.29) is 17.6 Å². The van der Waals surface area contributed by atoms with Gasteiger partial charge in [-0.3, -0.25) is 4.79 Å². The Hall–Kier alpha value is -1.59. The number of fused-ring (bicyclic) bond motifs is 1. The Balaban J connectivity index is 1.65. The van der Waals surface area contributed by atoms with Crippen LogP contribution in [0.2, 0.25) is 0 Å². The summed E-state index contributed by atoms with van der Waals surface area (Å²) in [4.78, 5) is 17.4. The van der Waals surface area contributed by atoms with E-state index in [0.717, 1.165) is 50.1 Å². The molecule has 5 nitrogen and oxygen atoms in total. The second-order valence-electron chi connectivity index (χ2n) is 7.90. The molecule has 0 N–H and O–H groups in total. The number of hydrogen-bond donors (Lipinski definition) is 0. The van der Waals surface area contributed by atoms with Gasteiger partial charge in [0.05, 0.1) is 6.54 Å². The summed E-state index contributed by atoms with van der Waals surface area (Å²) in [6, 6.07) is 6.32. The highest BCUT2D eigenvalue weighted by Gasteiger charge is 2.42. The number of ether oxygens (including phenoxy) is 2. The maximum Gasteiger partial charge on any atom is 0.252 e. The molecule has 1 spiro atoms.